The van der Waals surface area contributed by atoms with Crippen molar-refractivity contribution in [1.82, 2.24) is 5.32 Å². The first-order chi connectivity index (χ1) is 10.2. The molecule has 1 aromatic rings. The highest BCUT2D eigenvalue weighted by Gasteiger charge is 2.28. The standard InChI is InChI=1S/C15H18N2O4/c18-7-10-2-1-3-11(10)17-15(20)9-4-5-13-12(6-9)16-14(19)8-21-13/h4-6,10-11,18H,1-3,7-8H2,(H,16,19)(H,17,20). The largest absolute Gasteiger partial charge is 0.482 e. The number of rotatable bonds is 3. The van der Waals surface area contributed by atoms with Gasteiger partial charge in [-0.2, -0.15) is 0 Å². The summed E-state index contributed by atoms with van der Waals surface area (Å²) in [6.07, 6.45) is 2.85. The van der Waals surface area contributed by atoms with Crippen LogP contribution in [0.4, 0.5) is 5.69 Å². The molecule has 1 heterocycles. The van der Waals surface area contributed by atoms with Crippen molar-refractivity contribution < 1.29 is 19.4 Å². The van der Waals surface area contributed by atoms with Crippen LogP contribution in [0, 0.1) is 5.92 Å². The van der Waals surface area contributed by atoms with Crippen molar-refractivity contribution in [3.8, 4) is 5.75 Å². The second-order valence-corrected chi connectivity index (χ2v) is 5.50. The van der Waals surface area contributed by atoms with Gasteiger partial charge in [-0.05, 0) is 31.0 Å². The molecule has 2 amide bonds. The van der Waals surface area contributed by atoms with Crippen molar-refractivity contribution in [2.75, 3.05) is 18.5 Å². The number of amides is 2. The van der Waals surface area contributed by atoms with E-state index < -0.39 is 0 Å². The quantitative estimate of drug-likeness (QED) is 0.772. The van der Waals surface area contributed by atoms with E-state index >= 15 is 0 Å². The maximum atomic E-state index is 12.3. The zero-order chi connectivity index (χ0) is 14.8. The number of aliphatic hydroxyl groups is 1. The van der Waals surface area contributed by atoms with E-state index in [4.69, 9.17) is 4.74 Å². The summed E-state index contributed by atoms with van der Waals surface area (Å²) in [7, 11) is 0. The van der Waals surface area contributed by atoms with Gasteiger partial charge in [-0.25, -0.2) is 0 Å². The second kappa shape index (κ2) is 5.73. The average Bonchev–Trinajstić information content (AvgIpc) is 2.93. The number of fused-ring (bicyclic) bond motifs is 1. The van der Waals surface area contributed by atoms with Gasteiger partial charge in [0.25, 0.3) is 11.8 Å². The number of hydrogen-bond acceptors (Lipinski definition) is 4. The second-order valence-electron chi connectivity index (χ2n) is 5.50. The summed E-state index contributed by atoms with van der Waals surface area (Å²) in [4.78, 5) is 23.6. The third-order valence-electron chi connectivity index (χ3n) is 4.08. The summed E-state index contributed by atoms with van der Waals surface area (Å²) in [5.41, 5.74) is 0.993. The summed E-state index contributed by atoms with van der Waals surface area (Å²) in [5.74, 6) is 0.286. The molecule has 112 valence electrons. The van der Waals surface area contributed by atoms with Crippen molar-refractivity contribution in [2.24, 2.45) is 5.92 Å². The van der Waals surface area contributed by atoms with Gasteiger partial charge in [0.05, 0.1) is 5.69 Å². The Balaban J connectivity index is 1.73. The lowest BCUT2D eigenvalue weighted by Gasteiger charge is -2.21. The van der Waals surface area contributed by atoms with Crippen LogP contribution in [0.1, 0.15) is 29.6 Å². The Morgan fingerprint density at radius 2 is 2.29 bits per heavy atom. The van der Waals surface area contributed by atoms with Crippen molar-refractivity contribution in [3.05, 3.63) is 23.8 Å². The molecule has 6 heteroatoms. The highest BCUT2D eigenvalue weighted by molar-refractivity contribution is 5.99. The maximum Gasteiger partial charge on any atom is 0.262 e. The van der Waals surface area contributed by atoms with Gasteiger partial charge in [-0.1, -0.05) is 6.42 Å². The Bertz CT molecular complexity index is 573. The van der Waals surface area contributed by atoms with Crippen LogP contribution in [-0.4, -0.2) is 36.2 Å². The molecule has 0 spiro atoms. The lowest BCUT2D eigenvalue weighted by Crippen LogP contribution is -2.38. The molecule has 0 bridgehead atoms. The van der Waals surface area contributed by atoms with Crippen molar-refractivity contribution in [2.45, 2.75) is 25.3 Å². The van der Waals surface area contributed by atoms with Crippen LogP contribution in [0.2, 0.25) is 0 Å². The van der Waals surface area contributed by atoms with Crippen molar-refractivity contribution in [1.29, 1.82) is 0 Å². The Morgan fingerprint density at radius 1 is 1.43 bits per heavy atom. The topological polar surface area (TPSA) is 87.7 Å². The Labute approximate surface area is 122 Å². The zero-order valence-electron chi connectivity index (χ0n) is 11.6. The molecular formula is C15H18N2O4. The molecule has 2 unspecified atom stereocenters. The third-order valence-corrected chi connectivity index (χ3v) is 4.08. The molecule has 3 rings (SSSR count). The minimum atomic E-state index is -0.226. The first-order valence-corrected chi connectivity index (χ1v) is 7.16. The summed E-state index contributed by atoms with van der Waals surface area (Å²) in [6, 6.07) is 4.99. The van der Waals surface area contributed by atoms with Crippen molar-refractivity contribution >= 4 is 17.5 Å². The molecule has 1 aromatic carbocycles. The summed E-state index contributed by atoms with van der Waals surface area (Å²) < 4.78 is 5.26. The highest BCUT2D eigenvalue weighted by Crippen LogP contribution is 2.29. The molecular weight excluding hydrogens is 272 g/mol. The van der Waals surface area contributed by atoms with Gasteiger partial charge in [0.2, 0.25) is 0 Å². The van der Waals surface area contributed by atoms with Gasteiger partial charge in [0, 0.05) is 24.1 Å². The summed E-state index contributed by atoms with van der Waals surface area (Å²) in [6.45, 7) is 0.0951. The lowest BCUT2D eigenvalue weighted by molar-refractivity contribution is -0.118. The predicted octanol–water partition coefficient (Wildman–Crippen LogP) is 0.908. The van der Waals surface area contributed by atoms with E-state index in [-0.39, 0.29) is 37.0 Å². The Kier molecular flexibility index (Phi) is 3.79. The number of carbonyl (C=O) groups excluding carboxylic acids is 2. The molecule has 1 fully saturated rings. The first-order valence-electron chi connectivity index (χ1n) is 7.16. The van der Waals surface area contributed by atoms with Crippen molar-refractivity contribution in [3.63, 3.8) is 0 Å². The van der Waals surface area contributed by atoms with E-state index in [2.05, 4.69) is 10.6 Å². The molecule has 6 nitrogen and oxygen atoms in total. The van der Waals surface area contributed by atoms with E-state index in [1.165, 1.54) is 0 Å². The number of aliphatic hydroxyl groups excluding tert-OH is 1. The van der Waals surface area contributed by atoms with E-state index in [0.717, 1.165) is 19.3 Å². The first kappa shape index (κ1) is 13.9. The Hall–Kier alpha value is -2.08. The van der Waals surface area contributed by atoms with E-state index in [1.54, 1.807) is 18.2 Å². The minimum absolute atomic E-state index is 0.00119. The SMILES string of the molecule is O=C1COc2ccc(C(=O)NC3CCCC3CO)cc2N1. The highest BCUT2D eigenvalue weighted by atomic mass is 16.5. The molecule has 21 heavy (non-hydrogen) atoms. The van der Waals surface area contributed by atoms with E-state index in [9.17, 15) is 14.7 Å². The van der Waals surface area contributed by atoms with Gasteiger partial charge in [-0.15, -0.1) is 0 Å². The Morgan fingerprint density at radius 3 is 3.10 bits per heavy atom. The average molecular weight is 290 g/mol. The maximum absolute atomic E-state index is 12.3. The number of nitrogens with one attached hydrogen (secondary N) is 2. The molecule has 0 aromatic heterocycles. The smallest absolute Gasteiger partial charge is 0.262 e. The number of hydrogen-bond donors (Lipinski definition) is 3. The van der Waals surface area contributed by atoms with Gasteiger partial charge in [0.1, 0.15) is 5.75 Å². The van der Waals surface area contributed by atoms with Gasteiger partial charge >= 0.3 is 0 Å². The summed E-state index contributed by atoms with van der Waals surface area (Å²) in [5, 5.41) is 14.9. The predicted molar refractivity (Wildman–Crippen MR) is 76.2 cm³/mol. The van der Waals surface area contributed by atoms with Crippen LogP contribution in [-0.2, 0) is 4.79 Å². The molecule has 3 N–H and O–H groups in total. The molecule has 1 saturated carbocycles. The lowest BCUT2D eigenvalue weighted by atomic mass is 10.0. The van der Waals surface area contributed by atoms with Gasteiger partial charge in [-0.3, -0.25) is 9.59 Å². The minimum Gasteiger partial charge on any atom is -0.482 e. The van der Waals surface area contributed by atoms with Crippen LogP contribution in [0.25, 0.3) is 0 Å². The molecule has 2 aliphatic rings. The van der Waals surface area contributed by atoms with Crippen LogP contribution in [0.15, 0.2) is 18.2 Å². The zero-order valence-corrected chi connectivity index (χ0v) is 11.6. The third kappa shape index (κ3) is 2.85. The molecule has 1 aliphatic carbocycles. The molecule has 0 saturated heterocycles. The summed E-state index contributed by atoms with van der Waals surface area (Å²) >= 11 is 0. The van der Waals surface area contributed by atoms with Crippen LogP contribution in [0.5, 0.6) is 5.75 Å². The number of benzene rings is 1. The molecule has 2 atom stereocenters. The number of anilines is 1. The fraction of sp³-hybridized carbons (Fsp3) is 0.467. The van der Waals surface area contributed by atoms with Gasteiger partial charge < -0.3 is 20.5 Å². The van der Waals surface area contributed by atoms with E-state index in [1.807, 2.05) is 0 Å². The normalized spacial score (nSPS) is 24.0. The molecule has 0 radical (unpaired) electrons. The van der Waals surface area contributed by atoms with Gasteiger partial charge in [0.15, 0.2) is 6.61 Å². The van der Waals surface area contributed by atoms with Crippen LogP contribution in [0.3, 0.4) is 0 Å². The van der Waals surface area contributed by atoms with E-state index in [0.29, 0.717) is 17.0 Å². The van der Waals surface area contributed by atoms with Crippen LogP contribution < -0.4 is 15.4 Å². The number of ether oxygens (including phenoxy) is 1. The molecule has 1 aliphatic heterocycles. The fourth-order valence-corrected chi connectivity index (χ4v) is 2.92. The monoisotopic (exact) mass is 290 g/mol. The van der Waals surface area contributed by atoms with Crippen LogP contribution >= 0.6 is 0 Å². The fourth-order valence-electron chi connectivity index (χ4n) is 2.92. The number of carbonyl (C=O) groups is 2.